The van der Waals surface area contributed by atoms with Gasteiger partial charge in [-0.05, 0) is 67.6 Å². The molecule has 0 spiro atoms. The Balaban J connectivity index is 1.82. The van der Waals surface area contributed by atoms with Crippen molar-refractivity contribution in [1.29, 1.82) is 0 Å². The van der Waals surface area contributed by atoms with Gasteiger partial charge in [-0.3, -0.25) is 14.2 Å². The Bertz CT molecular complexity index is 1480. The number of amides is 1. The molecule has 0 aliphatic carbocycles. The first-order chi connectivity index (χ1) is 15.5. The number of rotatable bonds is 3. The molecule has 0 fully saturated rings. The fourth-order valence-electron chi connectivity index (χ4n) is 4.00. The maximum absolute atomic E-state index is 13.5. The molecule has 3 aromatic carbocycles. The van der Waals surface area contributed by atoms with Gasteiger partial charge in [-0.1, -0.05) is 39.7 Å². The molecule has 2 heterocycles. The van der Waals surface area contributed by atoms with Gasteiger partial charge in [-0.25, -0.2) is 4.98 Å². The van der Waals surface area contributed by atoms with E-state index >= 15 is 0 Å². The van der Waals surface area contributed by atoms with Crippen molar-refractivity contribution in [3.05, 3.63) is 98.0 Å². The van der Waals surface area contributed by atoms with Crippen LogP contribution in [0.3, 0.4) is 0 Å². The Labute approximate surface area is 197 Å². The van der Waals surface area contributed by atoms with E-state index in [-0.39, 0.29) is 11.5 Å². The smallest absolute Gasteiger partial charge is 0.266 e. The molecular formula is C25H17BrClN3O2. The number of carbonyl (C=O) groups is 1. The SMILES string of the molecule is CCN1C(=O)C(=Cc2nc3ccccc3c(=O)n2-c2ccc(Cl)cc2)c2cc(Br)ccc21. The number of likely N-dealkylation sites (N-methyl/N-ethyl adjacent to an activating group) is 1. The van der Waals surface area contributed by atoms with Gasteiger partial charge in [0.2, 0.25) is 0 Å². The first kappa shape index (κ1) is 20.7. The van der Waals surface area contributed by atoms with E-state index < -0.39 is 0 Å². The molecule has 1 amide bonds. The second kappa shape index (κ2) is 8.04. The Kier molecular flexibility index (Phi) is 5.19. The number of anilines is 1. The highest BCUT2D eigenvalue weighted by Gasteiger charge is 2.32. The van der Waals surface area contributed by atoms with E-state index in [2.05, 4.69) is 15.9 Å². The first-order valence-corrected chi connectivity index (χ1v) is 11.3. The van der Waals surface area contributed by atoms with Crippen LogP contribution in [0.25, 0.3) is 28.2 Å². The molecule has 0 bridgehead atoms. The van der Waals surface area contributed by atoms with E-state index in [1.54, 1.807) is 47.4 Å². The van der Waals surface area contributed by atoms with Crippen molar-refractivity contribution >= 4 is 61.7 Å². The highest BCUT2D eigenvalue weighted by molar-refractivity contribution is 9.10. The zero-order valence-corrected chi connectivity index (χ0v) is 19.4. The van der Waals surface area contributed by atoms with Crippen LogP contribution < -0.4 is 10.5 Å². The van der Waals surface area contributed by atoms with Crippen molar-refractivity contribution in [1.82, 2.24) is 9.55 Å². The molecule has 0 unspecified atom stereocenters. The summed E-state index contributed by atoms with van der Waals surface area (Å²) in [4.78, 5) is 33.2. The fraction of sp³-hybridized carbons (Fsp3) is 0.0800. The summed E-state index contributed by atoms with van der Waals surface area (Å²) in [6.45, 7) is 2.48. The summed E-state index contributed by atoms with van der Waals surface area (Å²) < 4.78 is 2.39. The van der Waals surface area contributed by atoms with E-state index in [1.165, 1.54) is 4.57 Å². The molecule has 32 heavy (non-hydrogen) atoms. The highest BCUT2D eigenvalue weighted by atomic mass is 79.9. The van der Waals surface area contributed by atoms with Gasteiger partial charge in [0.15, 0.2) is 0 Å². The van der Waals surface area contributed by atoms with Gasteiger partial charge < -0.3 is 4.90 Å². The van der Waals surface area contributed by atoms with E-state index in [4.69, 9.17) is 16.6 Å². The van der Waals surface area contributed by atoms with Gasteiger partial charge in [0.25, 0.3) is 11.5 Å². The van der Waals surface area contributed by atoms with Gasteiger partial charge in [-0.15, -0.1) is 0 Å². The Hall–Kier alpha value is -3.22. The van der Waals surface area contributed by atoms with Gasteiger partial charge in [0, 0.05) is 21.6 Å². The van der Waals surface area contributed by atoms with Crippen LogP contribution in [-0.2, 0) is 4.79 Å². The van der Waals surface area contributed by atoms with Crippen LogP contribution in [0.2, 0.25) is 5.02 Å². The molecule has 0 N–H and O–H groups in total. The number of halogens is 2. The van der Waals surface area contributed by atoms with E-state index in [0.717, 1.165) is 15.7 Å². The number of benzene rings is 3. The van der Waals surface area contributed by atoms with Crippen molar-refractivity contribution in [2.24, 2.45) is 0 Å². The number of fused-ring (bicyclic) bond motifs is 2. The van der Waals surface area contributed by atoms with Gasteiger partial charge >= 0.3 is 0 Å². The zero-order valence-electron chi connectivity index (χ0n) is 17.0. The van der Waals surface area contributed by atoms with Crippen LogP contribution in [0.4, 0.5) is 5.69 Å². The van der Waals surface area contributed by atoms with Crippen molar-refractivity contribution in [3.63, 3.8) is 0 Å². The molecule has 0 saturated heterocycles. The summed E-state index contributed by atoms with van der Waals surface area (Å²) in [5.41, 5.74) is 3.12. The second-order valence-corrected chi connectivity index (χ2v) is 8.73. The minimum Gasteiger partial charge on any atom is -0.308 e. The number of hydrogen-bond acceptors (Lipinski definition) is 3. The van der Waals surface area contributed by atoms with Crippen molar-refractivity contribution < 1.29 is 4.79 Å². The lowest BCUT2D eigenvalue weighted by atomic mass is 10.1. The predicted octanol–water partition coefficient (Wildman–Crippen LogP) is 5.71. The van der Waals surface area contributed by atoms with Gasteiger partial charge in [-0.2, -0.15) is 0 Å². The van der Waals surface area contributed by atoms with Crippen LogP contribution in [-0.4, -0.2) is 22.0 Å². The lowest BCUT2D eigenvalue weighted by molar-refractivity contribution is -0.112. The summed E-state index contributed by atoms with van der Waals surface area (Å²) >= 11 is 9.57. The minimum atomic E-state index is -0.211. The monoisotopic (exact) mass is 505 g/mol. The second-order valence-electron chi connectivity index (χ2n) is 7.37. The standard InChI is InChI=1S/C25H17BrClN3O2/c1-2-29-22-12-7-15(26)13-19(22)20(24(29)31)14-23-28-21-6-4-3-5-18(21)25(32)30(23)17-10-8-16(27)9-11-17/h3-14H,2H2,1H3. The number of carbonyl (C=O) groups excluding carboxylic acids is 1. The Morgan fingerprint density at radius 3 is 2.53 bits per heavy atom. The summed E-state index contributed by atoms with van der Waals surface area (Å²) in [6, 6.07) is 19.9. The maximum atomic E-state index is 13.5. The molecule has 5 rings (SSSR count). The fourth-order valence-corrected chi connectivity index (χ4v) is 4.49. The summed E-state index contributed by atoms with van der Waals surface area (Å²) in [6.07, 6.45) is 1.70. The van der Waals surface area contributed by atoms with Crippen molar-refractivity contribution in [2.45, 2.75) is 6.92 Å². The third kappa shape index (κ3) is 3.36. The van der Waals surface area contributed by atoms with Crippen molar-refractivity contribution in [2.75, 3.05) is 11.4 Å². The van der Waals surface area contributed by atoms with Crippen LogP contribution in [0.15, 0.2) is 76.0 Å². The average Bonchev–Trinajstić information content (AvgIpc) is 3.05. The lowest BCUT2D eigenvalue weighted by Gasteiger charge is -2.14. The average molecular weight is 507 g/mol. The molecule has 4 aromatic rings. The van der Waals surface area contributed by atoms with Crippen LogP contribution in [0.1, 0.15) is 18.3 Å². The maximum Gasteiger partial charge on any atom is 0.266 e. The topological polar surface area (TPSA) is 55.2 Å². The predicted molar refractivity (Wildman–Crippen MR) is 132 cm³/mol. The largest absolute Gasteiger partial charge is 0.308 e. The number of nitrogens with zero attached hydrogens (tertiary/aromatic N) is 3. The summed E-state index contributed by atoms with van der Waals surface area (Å²) in [5, 5.41) is 1.07. The zero-order chi connectivity index (χ0) is 22.4. The molecule has 0 radical (unpaired) electrons. The number of hydrogen-bond donors (Lipinski definition) is 0. The molecule has 5 nitrogen and oxygen atoms in total. The third-order valence-electron chi connectivity index (χ3n) is 5.49. The molecule has 1 aliphatic rings. The Morgan fingerprint density at radius 1 is 1.03 bits per heavy atom. The van der Waals surface area contributed by atoms with Crippen LogP contribution in [0.5, 0.6) is 0 Å². The third-order valence-corrected chi connectivity index (χ3v) is 6.24. The molecule has 0 atom stereocenters. The minimum absolute atomic E-state index is 0.120. The number of aromatic nitrogens is 2. The molecule has 1 aromatic heterocycles. The quantitative estimate of drug-likeness (QED) is 0.335. The van der Waals surface area contributed by atoms with Crippen LogP contribution >= 0.6 is 27.5 Å². The molecular weight excluding hydrogens is 490 g/mol. The molecule has 158 valence electrons. The van der Waals surface area contributed by atoms with E-state index in [0.29, 0.717) is 39.6 Å². The van der Waals surface area contributed by atoms with Crippen LogP contribution in [0, 0.1) is 0 Å². The lowest BCUT2D eigenvalue weighted by Crippen LogP contribution is -2.26. The molecule has 7 heteroatoms. The normalized spacial score (nSPS) is 14.4. The highest BCUT2D eigenvalue weighted by Crippen LogP contribution is 2.39. The number of para-hydroxylation sites is 1. The molecule has 1 aliphatic heterocycles. The first-order valence-electron chi connectivity index (χ1n) is 10.1. The van der Waals surface area contributed by atoms with Crippen molar-refractivity contribution in [3.8, 4) is 5.69 Å². The summed E-state index contributed by atoms with van der Waals surface area (Å²) in [5.74, 6) is 0.258. The molecule has 0 saturated carbocycles. The Morgan fingerprint density at radius 2 is 1.78 bits per heavy atom. The van der Waals surface area contributed by atoms with E-state index in [9.17, 15) is 9.59 Å². The van der Waals surface area contributed by atoms with Gasteiger partial charge in [0.05, 0.1) is 27.9 Å². The summed E-state index contributed by atoms with van der Waals surface area (Å²) in [7, 11) is 0. The van der Waals surface area contributed by atoms with E-state index in [1.807, 2.05) is 37.3 Å². The van der Waals surface area contributed by atoms with Gasteiger partial charge in [0.1, 0.15) is 5.82 Å².